The SMILES string of the molecule is CC(C)CP(=O)(N=C=O)N=C=O. The van der Waals surface area contributed by atoms with Crippen molar-refractivity contribution in [1.29, 1.82) is 0 Å². The van der Waals surface area contributed by atoms with Crippen LogP contribution in [0.1, 0.15) is 13.8 Å². The molecule has 0 aliphatic carbocycles. The lowest BCUT2D eigenvalue weighted by Gasteiger charge is -2.05. The number of rotatable bonds is 4. The summed E-state index contributed by atoms with van der Waals surface area (Å²) in [5, 5.41) is 0. The van der Waals surface area contributed by atoms with Gasteiger partial charge in [-0.2, -0.15) is 0 Å². The lowest BCUT2D eigenvalue weighted by molar-refractivity contribution is 0.554. The summed E-state index contributed by atoms with van der Waals surface area (Å²) in [7, 11) is -3.37. The average Bonchev–Trinajstić information content (AvgIpc) is 1.85. The third-order valence-corrected chi connectivity index (χ3v) is 2.99. The van der Waals surface area contributed by atoms with Gasteiger partial charge in [0.1, 0.15) is 0 Å². The van der Waals surface area contributed by atoms with Gasteiger partial charge in [0.15, 0.2) is 0 Å². The van der Waals surface area contributed by atoms with Crippen LogP contribution in [0.4, 0.5) is 0 Å². The first kappa shape index (κ1) is 11.0. The van der Waals surface area contributed by atoms with Crippen LogP contribution in [-0.4, -0.2) is 18.3 Å². The summed E-state index contributed by atoms with van der Waals surface area (Å²) in [6, 6.07) is 0. The van der Waals surface area contributed by atoms with E-state index in [2.05, 4.69) is 9.53 Å². The van der Waals surface area contributed by atoms with Gasteiger partial charge in [-0.3, -0.25) is 4.57 Å². The maximum Gasteiger partial charge on any atom is 0.320 e. The minimum atomic E-state index is -3.37. The van der Waals surface area contributed by atoms with Gasteiger partial charge >= 0.3 is 7.44 Å². The fourth-order valence-corrected chi connectivity index (χ4v) is 2.12. The summed E-state index contributed by atoms with van der Waals surface area (Å²) in [5.41, 5.74) is 0. The molecule has 0 aliphatic rings. The van der Waals surface area contributed by atoms with Gasteiger partial charge in [0.05, 0.1) is 0 Å². The molecule has 0 aromatic heterocycles. The van der Waals surface area contributed by atoms with Crippen LogP contribution in [-0.2, 0) is 14.2 Å². The molecule has 0 saturated carbocycles. The molecule has 0 amide bonds. The highest BCUT2D eigenvalue weighted by atomic mass is 31.2. The Morgan fingerprint density at radius 2 is 1.67 bits per heavy atom. The van der Waals surface area contributed by atoms with E-state index >= 15 is 0 Å². The maximum atomic E-state index is 11.4. The topological polar surface area (TPSA) is 75.9 Å². The van der Waals surface area contributed by atoms with Crippen molar-refractivity contribution in [3.8, 4) is 0 Å². The number of isocyanates is 2. The number of carbonyl (C=O) groups excluding carboxylic acids is 2. The molecule has 0 unspecified atom stereocenters. The van der Waals surface area contributed by atoms with E-state index in [0.29, 0.717) is 0 Å². The number of hydrogen-bond donors (Lipinski definition) is 0. The first-order valence-electron chi connectivity index (χ1n) is 3.32. The van der Waals surface area contributed by atoms with E-state index in [4.69, 9.17) is 0 Å². The Labute approximate surface area is 70.1 Å². The molecule has 0 heterocycles. The van der Waals surface area contributed by atoms with Crippen molar-refractivity contribution in [2.24, 2.45) is 15.4 Å². The predicted molar refractivity (Wildman–Crippen MR) is 43.6 cm³/mol. The van der Waals surface area contributed by atoms with Crippen LogP contribution in [0.2, 0.25) is 0 Å². The van der Waals surface area contributed by atoms with Crippen molar-refractivity contribution in [2.45, 2.75) is 13.8 Å². The summed E-state index contributed by atoms with van der Waals surface area (Å²) >= 11 is 0. The fraction of sp³-hybridized carbons (Fsp3) is 0.667. The standard InChI is InChI=1S/C6H9N2O3P/c1-6(2)3-12(11,7-4-9)8-5-10/h6H,3H2,1-2H3. The van der Waals surface area contributed by atoms with Crippen molar-refractivity contribution < 1.29 is 14.2 Å². The summed E-state index contributed by atoms with van der Waals surface area (Å²) in [5.74, 6) is 0.0463. The molecule has 0 bridgehead atoms. The summed E-state index contributed by atoms with van der Waals surface area (Å²) in [4.78, 5) is 19.6. The largest absolute Gasteiger partial charge is 0.320 e. The Kier molecular flexibility index (Phi) is 4.38. The molecule has 0 rings (SSSR count). The monoisotopic (exact) mass is 188 g/mol. The van der Waals surface area contributed by atoms with Crippen molar-refractivity contribution in [1.82, 2.24) is 0 Å². The van der Waals surface area contributed by atoms with Gasteiger partial charge in [0.2, 0.25) is 12.2 Å². The second-order valence-corrected chi connectivity index (χ2v) is 4.72. The van der Waals surface area contributed by atoms with Gasteiger partial charge in [-0.25, -0.2) is 9.59 Å². The molecule has 12 heavy (non-hydrogen) atoms. The van der Waals surface area contributed by atoms with Crippen LogP contribution in [0.25, 0.3) is 0 Å². The fourth-order valence-electron chi connectivity index (χ4n) is 0.707. The average molecular weight is 188 g/mol. The van der Waals surface area contributed by atoms with Crippen molar-refractivity contribution >= 4 is 19.6 Å². The van der Waals surface area contributed by atoms with Gasteiger partial charge in [0, 0.05) is 6.16 Å². The molecule has 0 aromatic rings. The molecule has 0 spiro atoms. The second-order valence-electron chi connectivity index (χ2n) is 2.62. The van der Waals surface area contributed by atoms with Gasteiger partial charge in [-0.15, -0.1) is 9.53 Å². The highest BCUT2D eigenvalue weighted by molar-refractivity contribution is 7.61. The Morgan fingerprint density at radius 1 is 1.25 bits per heavy atom. The van der Waals surface area contributed by atoms with E-state index in [9.17, 15) is 14.2 Å². The van der Waals surface area contributed by atoms with E-state index in [1.807, 2.05) is 0 Å². The van der Waals surface area contributed by atoms with Gasteiger partial charge in [-0.1, -0.05) is 13.8 Å². The Morgan fingerprint density at radius 3 is 1.92 bits per heavy atom. The molecule has 6 heteroatoms. The van der Waals surface area contributed by atoms with Crippen LogP contribution < -0.4 is 0 Å². The van der Waals surface area contributed by atoms with E-state index in [1.54, 1.807) is 13.8 Å². The molecular weight excluding hydrogens is 179 g/mol. The third kappa shape index (κ3) is 3.99. The molecule has 66 valence electrons. The Bertz CT molecular complexity index is 265. The van der Waals surface area contributed by atoms with Gasteiger partial charge in [-0.05, 0) is 5.92 Å². The molecule has 0 aromatic carbocycles. The molecule has 0 aliphatic heterocycles. The normalized spacial score (nSPS) is 14.2. The minimum absolute atomic E-state index is 0.0463. The molecular formula is C6H9N2O3P. The molecule has 5 nitrogen and oxygen atoms in total. The van der Waals surface area contributed by atoms with Gasteiger partial charge < -0.3 is 0 Å². The van der Waals surface area contributed by atoms with E-state index in [1.165, 1.54) is 0 Å². The van der Waals surface area contributed by atoms with Crippen LogP contribution in [0.3, 0.4) is 0 Å². The lowest BCUT2D eigenvalue weighted by atomic mass is 10.3. The zero-order valence-corrected chi connectivity index (χ0v) is 7.75. The van der Waals surface area contributed by atoms with Crippen LogP contribution in [0, 0.1) is 5.92 Å². The van der Waals surface area contributed by atoms with Crippen molar-refractivity contribution in [3.05, 3.63) is 0 Å². The summed E-state index contributed by atoms with van der Waals surface area (Å²) in [6.45, 7) is 3.57. The lowest BCUT2D eigenvalue weighted by Crippen LogP contribution is -1.94. The van der Waals surface area contributed by atoms with Gasteiger partial charge in [0.25, 0.3) is 0 Å². The number of nitrogens with zero attached hydrogens (tertiary/aromatic N) is 2. The quantitative estimate of drug-likeness (QED) is 0.381. The van der Waals surface area contributed by atoms with E-state index in [-0.39, 0.29) is 12.1 Å². The Balaban J connectivity index is 4.74. The van der Waals surface area contributed by atoms with E-state index < -0.39 is 7.44 Å². The molecule has 0 radical (unpaired) electrons. The summed E-state index contributed by atoms with van der Waals surface area (Å²) in [6.07, 6.45) is 2.37. The van der Waals surface area contributed by atoms with Crippen molar-refractivity contribution in [2.75, 3.05) is 6.16 Å². The Hall–Kier alpha value is -1.01. The first-order chi connectivity index (χ1) is 5.54. The first-order valence-corrected chi connectivity index (χ1v) is 5.11. The maximum absolute atomic E-state index is 11.4. The highest BCUT2D eigenvalue weighted by Gasteiger charge is 2.21. The van der Waals surface area contributed by atoms with Crippen LogP contribution in [0.5, 0.6) is 0 Å². The van der Waals surface area contributed by atoms with Crippen LogP contribution in [0.15, 0.2) is 9.53 Å². The summed E-state index contributed by atoms with van der Waals surface area (Å²) < 4.78 is 17.4. The molecule has 0 fully saturated rings. The van der Waals surface area contributed by atoms with Crippen LogP contribution >= 0.6 is 7.44 Å². The zero-order chi connectivity index (χ0) is 9.61. The molecule has 0 atom stereocenters. The van der Waals surface area contributed by atoms with Crippen molar-refractivity contribution in [3.63, 3.8) is 0 Å². The second kappa shape index (κ2) is 4.78. The van der Waals surface area contributed by atoms with E-state index in [0.717, 1.165) is 12.2 Å². The molecule has 0 saturated heterocycles. The molecule has 0 N–H and O–H groups in total. The smallest absolute Gasteiger partial charge is 0.271 e. The zero-order valence-electron chi connectivity index (χ0n) is 6.85. The third-order valence-electron chi connectivity index (χ3n) is 0.997. The predicted octanol–water partition coefficient (Wildman–Crippen LogP) is 1.51. The highest BCUT2D eigenvalue weighted by Crippen LogP contribution is 2.49. The minimum Gasteiger partial charge on any atom is -0.271 e. The number of hydrogen-bond acceptors (Lipinski definition) is 3.